The fourth-order valence-corrected chi connectivity index (χ4v) is 10.2. The second-order valence-corrected chi connectivity index (χ2v) is 13.6. The van der Waals surface area contributed by atoms with Crippen molar-refractivity contribution in [3.63, 3.8) is 0 Å². The van der Waals surface area contributed by atoms with Gasteiger partial charge >= 0.3 is 0 Å². The lowest BCUT2D eigenvalue weighted by Crippen LogP contribution is -2.62. The molecule has 35 heavy (non-hydrogen) atoms. The lowest BCUT2D eigenvalue weighted by Gasteiger charge is -2.65. The highest BCUT2D eigenvalue weighted by Gasteiger charge is 2.65. The predicted molar refractivity (Wildman–Crippen MR) is 134 cm³/mol. The zero-order valence-corrected chi connectivity index (χ0v) is 22.6. The molecule has 0 bridgehead atoms. The van der Waals surface area contributed by atoms with Gasteiger partial charge < -0.3 is 4.84 Å². The van der Waals surface area contributed by atoms with Crippen LogP contribution in [0, 0.1) is 51.8 Å². The monoisotopic (exact) mass is 486 g/mol. The van der Waals surface area contributed by atoms with Crippen molar-refractivity contribution in [2.24, 2.45) is 51.8 Å². The van der Waals surface area contributed by atoms with Gasteiger partial charge in [-0.2, -0.15) is 5.48 Å². The Balaban J connectivity index is 1.49. The summed E-state index contributed by atoms with van der Waals surface area (Å²) in [6.45, 7) is 9.56. The van der Waals surface area contributed by atoms with Gasteiger partial charge in [0, 0.05) is 24.9 Å². The van der Waals surface area contributed by atoms with Crippen LogP contribution >= 0.6 is 0 Å². The van der Waals surface area contributed by atoms with Gasteiger partial charge in [-0.25, -0.2) is 5.06 Å². The van der Waals surface area contributed by atoms with Crippen molar-refractivity contribution in [2.45, 2.75) is 91.5 Å². The third kappa shape index (κ3) is 3.68. The van der Waals surface area contributed by atoms with Crippen LogP contribution in [0.15, 0.2) is 11.6 Å². The van der Waals surface area contributed by atoms with Gasteiger partial charge in [0.05, 0.1) is 7.11 Å². The van der Waals surface area contributed by atoms with Crippen molar-refractivity contribution in [3.8, 4) is 0 Å². The minimum atomic E-state index is -0.176. The van der Waals surface area contributed by atoms with Gasteiger partial charge in [0.25, 0.3) is 0 Å². The third-order valence-corrected chi connectivity index (χ3v) is 12.0. The lowest BCUT2D eigenvalue weighted by atomic mass is 9.38. The Morgan fingerprint density at radius 2 is 1.74 bits per heavy atom. The Labute approximate surface area is 211 Å². The standard InChI is InChI=1S/C29H46N2O4/c1-17-20-9-13-29(4)21-8-12-27(2)11-7-18(26(33)31(5)34)15-22(27)19(21)16-24(32)25(29)28(20,3)14-10-23(17)30-35-6/h16-18,20-23,25,30,34H,7-15H2,1-6H3. The van der Waals surface area contributed by atoms with Gasteiger partial charge in [-0.15, -0.1) is 0 Å². The molecule has 5 rings (SSSR count). The number of hydrogen-bond donors (Lipinski definition) is 2. The van der Waals surface area contributed by atoms with Gasteiger partial charge in [-0.3, -0.25) is 14.8 Å². The second-order valence-electron chi connectivity index (χ2n) is 13.6. The highest BCUT2D eigenvalue weighted by Crippen LogP contribution is 2.69. The molecule has 0 aliphatic heterocycles. The van der Waals surface area contributed by atoms with E-state index in [-0.39, 0.29) is 39.9 Å². The first-order valence-electron chi connectivity index (χ1n) is 14.0. The van der Waals surface area contributed by atoms with E-state index >= 15 is 0 Å². The molecule has 4 fully saturated rings. The quantitative estimate of drug-likeness (QED) is 0.425. The van der Waals surface area contributed by atoms with Crippen molar-refractivity contribution >= 4 is 11.7 Å². The summed E-state index contributed by atoms with van der Waals surface area (Å²) in [6.07, 6.45) is 11.3. The van der Waals surface area contributed by atoms with E-state index in [9.17, 15) is 14.8 Å². The molecule has 0 aromatic heterocycles. The molecule has 0 radical (unpaired) electrons. The minimum absolute atomic E-state index is 0.0142. The van der Waals surface area contributed by atoms with Crippen LogP contribution in [0.2, 0.25) is 0 Å². The number of amides is 1. The largest absolute Gasteiger partial charge is 0.305 e. The van der Waals surface area contributed by atoms with E-state index in [0.29, 0.717) is 29.6 Å². The molecular formula is C29H46N2O4. The summed E-state index contributed by atoms with van der Waals surface area (Å²) in [4.78, 5) is 32.1. The minimum Gasteiger partial charge on any atom is -0.305 e. The maximum Gasteiger partial charge on any atom is 0.248 e. The Morgan fingerprint density at radius 1 is 1.06 bits per heavy atom. The topological polar surface area (TPSA) is 78.9 Å². The number of nitrogens with zero attached hydrogens (tertiary/aromatic N) is 1. The van der Waals surface area contributed by atoms with E-state index in [1.54, 1.807) is 7.11 Å². The number of hydroxylamine groups is 3. The van der Waals surface area contributed by atoms with E-state index in [0.717, 1.165) is 50.0 Å². The van der Waals surface area contributed by atoms with E-state index in [2.05, 4.69) is 39.3 Å². The van der Waals surface area contributed by atoms with Crippen molar-refractivity contribution in [1.82, 2.24) is 10.5 Å². The molecule has 0 heterocycles. The molecule has 0 spiro atoms. The molecule has 10 atom stereocenters. The van der Waals surface area contributed by atoms with Gasteiger partial charge in [0.2, 0.25) is 5.91 Å². The molecule has 2 N–H and O–H groups in total. The van der Waals surface area contributed by atoms with Crippen LogP contribution in [-0.4, -0.2) is 42.2 Å². The van der Waals surface area contributed by atoms with E-state index in [1.165, 1.54) is 25.5 Å². The van der Waals surface area contributed by atoms with E-state index in [4.69, 9.17) is 4.84 Å². The van der Waals surface area contributed by atoms with Crippen molar-refractivity contribution in [1.29, 1.82) is 0 Å². The van der Waals surface area contributed by atoms with Gasteiger partial charge in [0.1, 0.15) is 0 Å². The Morgan fingerprint density at radius 3 is 2.43 bits per heavy atom. The highest BCUT2D eigenvalue weighted by atomic mass is 16.6. The average Bonchev–Trinajstić information content (AvgIpc) is 2.79. The smallest absolute Gasteiger partial charge is 0.248 e. The number of rotatable bonds is 3. The van der Waals surface area contributed by atoms with Crippen LogP contribution in [0.1, 0.15) is 85.5 Å². The molecule has 196 valence electrons. The fourth-order valence-electron chi connectivity index (χ4n) is 10.2. The number of ketones is 1. The van der Waals surface area contributed by atoms with Crippen LogP contribution in [0.5, 0.6) is 0 Å². The molecule has 5 aliphatic rings. The SMILES string of the molecule is CONC1CCC2(C)C(CCC3(C)C4CCC5(C)CCC(C(=O)N(C)O)CC5C4=CC(=O)C32)C1C. The number of carbonyl (C=O) groups is 2. The zero-order valence-electron chi connectivity index (χ0n) is 22.6. The molecule has 4 saturated carbocycles. The van der Waals surface area contributed by atoms with Crippen molar-refractivity contribution in [2.75, 3.05) is 14.2 Å². The number of hydrogen-bond acceptors (Lipinski definition) is 5. The van der Waals surface area contributed by atoms with Crippen LogP contribution in [0.25, 0.3) is 0 Å². The third-order valence-electron chi connectivity index (χ3n) is 12.0. The average molecular weight is 487 g/mol. The predicted octanol–water partition coefficient (Wildman–Crippen LogP) is 5.16. The maximum atomic E-state index is 14.1. The Hall–Kier alpha value is -1.24. The zero-order chi connectivity index (χ0) is 25.3. The summed E-state index contributed by atoms with van der Waals surface area (Å²) >= 11 is 0. The molecular weight excluding hydrogens is 440 g/mol. The summed E-state index contributed by atoms with van der Waals surface area (Å²) in [6, 6.07) is 0.351. The normalized spacial score (nSPS) is 49.2. The van der Waals surface area contributed by atoms with Crippen LogP contribution in [0.4, 0.5) is 0 Å². The molecule has 6 heteroatoms. The van der Waals surface area contributed by atoms with Gasteiger partial charge in [0.15, 0.2) is 5.78 Å². The Kier molecular flexibility index (Phi) is 6.29. The molecule has 0 aromatic carbocycles. The lowest BCUT2D eigenvalue weighted by molar-refractivity contribution is -0.169. The molecule has 10 unspecified atom stereocenters. The first-order chi connectivity index (χ1) is 16.5. The number of allylic oxidation sites excluding steroid dienone is 2. The summed E-state index contributed by atoms with van der Waals surface area (Å²) < 4.78 is 0. The van der Waals surface area contributed by atoms with E-state index in [1.807, 2.05) is 0 Å². The Bertz CT molecular complexity index is 916. The van der Waals surface area contributed by atoms with Crippen molar-refractivity contribution < 1.29 is 19.6 Å². The number of carbonyl (C=O) groups excluding carboxylic acids is 2. The van der Waals surface area contributed by atoms with Crippen molar-refractivity contribution in [3.05, 3.63) is 11.6 Å². The summed E-state index contributed by atoms with van der Waals surface area (Å²) in [5.74, 6) is 1.77. The van der Waals surface area contributed by atoms with Gasteiger partial charge in [-0.05, 0) is 104 Å². The first kappa shape index (κ1) is 25.4. The van der Waals surface area contributed by atoms with Crippen LogP contribution in [0.3, 0.4) is 0 Å². The second kappa shape index (κ2) is 8.66. The first-order valence-corrected chi connectivity index (χ1v) is 14.0. The fraction of sp³-hybridized carbons (Fsp3) is 0.862. The summed E-state index contributed by atoms with van der Waals surface area (Å²) in [5.41, 5.74) is 4.72. The van der Waals surface area contributed by atoms with E-state index < -0.39 is 0 Å². The summed E-state index contributed by atoms with van der Waals surface area (Å²) in [5, 5.41) is 10.6. The molecule has 6 nitrogen and oxygen atoms in total. The van der Waals surface area contributed by atoms with Gasteiger partial charge in [-0.1, -0.05) is 33.3 Å². The molecule has 5 aliphatic carbocycles. The highest BCUT2D eigenvalue weighted by molar-refractivity contribution is 5.95. The van der Waals surface area contributed by atoms with Crippen LogP contribution in [-0.2, 0) is 14.4 Å². The number of fused-ring (bicyclic) bond motifs is 7. The van der Waals surface area contributed by atoms with Crippen LogP contribution < -0.4 is 5.48 Å². The summed E-state index contributed by atoms with van der Waals surface area (Å²) in [7, 11) is 3.14. The molecule has 0 aromatic rings. The molecule has 0 saturated heterocycles. The maximum absolute atomic E-state index is 14.1. The molecule has 1 amide bonds. The number of nitrogens with one attached hydrogen (secondary N) is 1.